The van der Waals surface area contributed by atoms with Crippen LogP contribution < -0.4 is 5.32 Å². The highest BCUT2D eigenvalue weighted by Gasteiger charge is 2.20. The number of hydrogen-bond acceptors (Lipinski definition) is 2. The van der Waals surface area contributed by atoms with E-state index >= 15 is 0 Å². The van der Waals surface area contributed by atoms with Crippen molar-refractivity contribution in [3.63, 3.8) is 0 Å². The second kappa shape index (κ2) is 7.79. The summed E-state index contributed by atoms with van der Waals surface area (Å²) in [6.07, 6.45) is 1.08. The van der Waals surface area contributed by atoms with E-state index in [0.717, 1.165) is 26.8 Å². The first-order valence-electron chi connectivity index (χ1n) is 6.16. The second-order valence-electron chi connectivity index (χ2n) is 4.32. The highest BCUT2D eigenvalue weighted by molar-refractivity contribution is 14.1. The molecule has 108 valence electrons. The van der Waals surface area contributed by atoms with Crippen LogP contribution >= 0.6 is 73.1 Å². The summed E-state index contributed by atoms with van der Waals surface area (Å²) in [6.45, 7) is 3.10. The summed E-state index contributed by atoms with van der Waals surface area (Å²) in [5.41, 5.74) is 1.19. The third kappa shape index (κ3) is 4.11. The highest BCUT2D eigenvalue weighted by Crippen LogP contribution is 2.38. The Morgan fingerprint density at radius 3 is 2.70 bits per heavy atom. The van der Waals surface area contributed by atoms with Crippen molar-refractivity contribution >= 4 is 73.1 Å². The number of hydrogen-bond donors (Lipinski definition) is 1. The van der Waals surface area contributed by atoms with Crippen LogP contribution in [0.15, 0.2) is 28.7 Å². The van der Waals surface area contributed by atoms with Gasteiger partial charge in [0.2, 0.25) is 0 Å². The second-order valence-corrected chi connectivity index (χ2v) is 8.46. The van der Waals surface area contributed by atoms with E-state index in [0.29, 0.717) is 0 Å². The van der Waals surface area contributed by atoms with Gasteiger partial charge in [0.15, 0.2) is 0 Å². The summed E-state index contributed by atoms with van der Waals surface area (Å²) < 4.78 is 2.92. The van der Waals surface area contributed by atoms with Crippen molar-refractivity contribution in [2.45, 2.75) is 19.4 Å². The minimum atomic E-state index is 0.120. The summed E-state index contributed by atoms with van der Waals surface area (Å²) in [4.78, 5) is 1.19. The minimum absolute atomic E-state index is 0.120. The van der Waals surface area contributed by atoms with Crippen molar-refractivity contribution in [3.8, 4) is 0 Å². The molecule has 0 amide bonds. The van der Waals surface area contributed by atoms with Crippen LogP contribution in [0.5, 0.6) is 0 Å². The molecule has 0 saturated carbocycles. The molecular formula is C14H13BrCl2INS. The molecule has 6 heteroatoms. The van der Waals surface area contributed by atoms with Gasteiger partial charge in [0, 0.05) is 17.9 Å². The summed E-state index contributed by atoms with van der Waals surface area (Å²) in [6, 6.07) is 8.19. The standard InChI is InChI=1S/C14H13BrCl2INS/c1-2-5-19-13(12-7-10(15)14(17)20-12)9-6-8(16)3-4-11(9)18/h3-4,6-7,13,19H,2,5H2,1H3. The van der Waals surface area contributed by atoms with Gasteiger partial charge in [-0.25, -0.2) is 0 Å². The first-order chi connectivity index (χ1) is 9.52. The van der Waals surface area contributed by atoms with Gasteiger partial charge in [0.25, 0.3) is 0 Å². The van der Waals surface area contributed by atoms with Gasteiger partial charge in [0.05, 0.1) is 6.04 Å². The van der Waals surface area contributed by atoms with E-state index in [1.807, 2.05) is 18.2 Å². The topological polar surface area (TPSA) is 12.0 Å². The maximum Gasteiger partial charge on any atom is 0.107 e. The molecule has 0 saturated heterocycles. The van der Waals surface area contributed by atoms with Gasteiger partial charge in [-0.2, -0.15) is 0 Å². The smallest absolute Gasteiger partial charge is 0.107 e. The van der Waals surface area contributed by atoms with E-state index in [1.165, 1.54) is 14.0 Å². The zero-order valence-corrected chi connectivity index (χ0v) is 16.8. The Balaban J connectivity index is 2.43. The van der Waals surface area contributed by atoms with Crippen LogP contribution in [0.4, 0.5) is 0 Å². The molecule has 0 fully saturated rings. The Morgan fingerprint density at radius 1 is 1.35 bits per heavy atom. The molecule has 0 spiro atoms. The maximum atomic E-state index is 6.18. The average Bonchev–Trinajstić information content (AvgIpc) is 2.74. The van der Waals surface area contributed by atoms with Crippen molar-refractivity contribution in [2.24, 2.45) is 0 Å². The molecule has 1 unspecified atom stereocenters. The molecule has 20 heavy (non-hydrogen) atoms. The van der Waals surface area contributed by atoms with E-state index in [1.54, 1.807) is 11.3 Å². The van der Waals surface area contributed by atoms with Gasteiger partial charge in [0.1, 0.15) is 4.34 Å². The SMILES string of the molecule is CCCNC(c1cc(Br)c(Cl)s1)c1cc(Cl)ccc1I. The molecule has 0 bridgehead atoms. The molecule has 1 aromatic carbocycles. The first-order valence-corrected chi connectivity index (χ1v) is 9.60. The normalized spacial score (nSPS) is 12.7. The molecule has 0 aliphatic heterocycles. The quantitative estimate of drug-likeness (QED) is 0.458. The first kappa shape index (κ1) is 17.0. The molecule has 2 rings (SSSR count). The van der Waals surface area contributed by atoms with Gasteiger partial charge in [-0.3, -0.25) is 0 Å². The highest BCUT2D eigenvalue weighted by atomic mass is 127. The van der Waals surface area contributed by atoms with E-state index in [2.05, 4.69) is 56.8 Å². The molecule has 0 aliphatic carbocycles. The molecule has 0 radical (unpaired) electrons. The predicted molar refractivity (Wildman–Crippen MR) is 101 cm³/mol. The lowest BCUT2D eigenvalue weighted by Gasteiger charge is -2.19. The van der Waals surface area contributed by atoms with E-state index in [9.17, 15) is 0 Å². The maximum absolute atomic E-state index is 6.18. The van der Waals surface area contributed by atoms with Crippen LogP contribution in [0.3, 0.4) is 0 Å². The number of rotatable bonds is 5. The van der Waals surface area contributed by atoms with Crippen molar-refractivity contribution in [2.75, 3.05) is 6.54 Å². The Labute approximate surface area is 155 Å². The zero-order valence-electron chi connectivity index (χ0n) is 10.7. The Morgan fingerprint density at radius 2 is 2.10 bits per heavy atom. The fraction of sp³-hybridized carbons (Fsp3) is 0.286. The number of benzene rings is 1. The van der Waals surface area contributed by atoms with Gasteiger partial charge in [-0.15, -0.1) is 11.3 Å². The van der Waals surface area contributed by atoms with Crippen LogP contribution in [-0.2, 0) is 0 Å². The molecule has 1 heterocycles. The lowest BCUT2D eigenvalue weighted by Crippen LogP contribution is -2.23. The van der Waals surface area contributed by atoms with Crippen LogP contribution in [0.1, 0.15) is 29.8 Å². The molecule has 1 atom stereocenters. The number of nitrogens with one attached hydrogen (secondary N) is 1. The van der Waals surface area contributed by atoms with Gasteiger partial charge >= 0.3 is 0 Å². The molecule has 1 N–H and O–H groups in total. The van der Waals surface area contributed by atoms with Crippen molar-refractivity contribution in [1.82, 2.24) is 5.32 Å². The van der Waals surface area contributed by atoms with E-state index in [-0.39, 0.29) is 6.04 Å². The van der Waals surface area contributed by atoms with Gasteiger partial charge in [-0.1, -0.05) is 30.1 Å². The number of thiophene rings is 1. The molecular weight excluding hydrogens is 492 g/mol. The summed E-state index contributed by atoms with van der Waals surface area (Å²) >= 11 is 19.8. The third-order valence-electron chi connectivity index (χ3n) is 2.82. The van der Waals surface area contributed by atoms with Crippen molar-refractivity contribution in [1.29, 1.82) is 0 Å². The predicted octanol–water partition coefficient (Wildman–Crippen LogP) is 6.51. The van der Waals surface area contributed by atoms with Crippen LogP contribution in [0.25, 0.3) is 0 Å². The van der Waals surface area contributed by atoms with Crippen molar-refractivity contribution < 1.29 is 0 Å². The third-order valence-corrected chi connectivity index (χ3v) is 6.57. The Hall–Kier alpha value is 0.670. The zero-order chi connectivity index (χ0) is 14.7. The van der Waals surface area contributed by atoms with Gasteiger partial charge in [-0.05, 0) is 81.3 Å². The number of halogens is 4. The lowest BCUT2D eigenvalue weighted by molar-refractivity contribution is 0.604. The summed E-state index contributed by atoms with van der Waals surface area (Å²) in [7, 11) is 0. The van der Waals surface area contributed by atoms with E-state index in [4.69, 9.17) is 23.2 Å². The lowest BCUT2D eigenvalue weighted by atomic mass is 10.1. The summed E-state index contributed by atoms with van der Waals surface area (Å²) in [5.74, 6) is 0. The minimum Gasteiger partial charge on any atom is -0.306 e. The molecule has 1 nitrogen and oxygen atoms in total. The summed E-state index contributed by atoms with van der Waals surface area (Å²) in [5, 5.41) is 4.33. The van der Waals surface area contributed by atoms with E-state index < -0.39 is 0 Å². The van der Waals surface area contributed by atoms with Crippen LogP contribution in [0, 0.1) is 3.57 Å². The average molecular weight is 505 g/mol. The molecule has 1 aromatic heterocycles. The van der Waals surface area contributed by atoms with Crippen LogP contribution in [-0.4, -0.2) is 6.54 Å². The van der Waals surface area contributed by atoms with Gasteiger partial charge < -0.3 is 5.32 Å². The fourth-order valence-corrected chi connectivity index (χ4v) is 4.55. The Kier molecular flexibility index (Phi) is 6.63. The monoisotopic (exact) mass is 503 g/mol. The Bertz CT molecular complexity index is 583. The molecule has 2 aromatic rings. The van der Waals surface area contributed by atoms with Crippen molar-refractivity contribution in [3.05, 3.63) is 52.1 Å². The largest absolute Gasteiger partial charge is 0.306 e. The van der Waals surface area contributed by atoms with Crippen LogP contribution in [0.2, 0.25) is 9.36 Å². The molecule has 0 aliphatic rings. The fourth-order valence-electron chi connectivity index (χ4n) is 1.89.